The number of benzene rings is 1. The quantitative estimate of drug-likeness (QED) is 0.399. The number of rotatable bonds is 7. The van der Waals surface area contributed by atoms with Crippen molar-refractivity contribution < 1.29 is 13.9 Å². The van der Waals surface area contributed by atoms with E-state index in [-0.39, 0.29) is 26.9 Å². The lowest BCUT2D eigenvalue weighted by Gasteiger charge is -2.31. The van der Waals surface area contributed by atoms with Gasteiger partial charge in [0.1, 0.15) is 5.76 Å². The topological polar surface area (TPSA) is 27.7 Å². The fourth-order valence-electron chi connectivity index (χ4n) is 1.83. The van der Waals surface area contributed by atoms with Crippen LogP contribution in [0.3, 0.4) is 0 Å². The molecule has 0 fully saturated rings. The number of hydrogen-bond acceptors (Lipinski definition) is 3. The van der Waals surface area contributed by atoms with Crippen LogP contribution in [0.15, 0.2) is 36.4 Å². The summed E-state index contributed by atoms with van der Waals surface area (Å²) in [4.78, 5) is 0. The summed E-state index contributed by atoms with van der Waals surface area (Å²) in [5.74, 6) is 0.491. The first kappa shape index (κ1) is 19.9. The molecule has 0 aliphatic carbocycles. The Balaban J connectivity index is 2.79. The summed E-state index contributed by atoms with van der Waals surface area (Å²) in [5.41, 5.74) is 0.508. The van der Waals surface area contributed by atoms with Crippen LogP contribution < -0.4 is 0 Å². The lowest BCUT2D eigenvalue weighted by Crippen LogP contribution is -2.39. The summed E-state index contributed by atoms with van der Waals surface area (Å²) >= 11 is 0. The first-order valence-corrected chi connectivity index (χ1v) is 9.13. The van der Waals surface area contributed by atoms with Crippen LogP contribution in [0.5, 0.6) is 0 Å². The fraction of sp³-hybridized carbons (Fsp3) is 0.579. The lowest BCUT2D eigenvalue weighted by atomic mass is 10.2. The van der Waals surface area contributed by atoms with Crippen molar-refractivity contribution in [2.75, 3.05) is 0 Å². The molecule has 1 aromatic rings. The highest BCUT2D eigenvalue weighted by molar-refractivity contribution is 6.30. The molecule has 0 aromatic heterocycles. The molecule has 0 bridgehead atoms. The SMILES string of the molecule is CC/C=C(\O[Si]C(OC(C)(C)C)OC(C)(C)C)c1ccccc1. The molecule has 0 saturated carbocycles. The van der Waals surface area contributed by atoms with Gasteiger partial charge in [-0.1, -0.05) is 37.3 Å². The van der Waals surface area contributed by atoms with E-state index in [2.05, 4.69) is 25.1 Å². The summed E-state index contributed by atoms with van der Waals surface area (Å²) in [6.45, 7) is 14.2. The van der Waals surface area contributed by atoms with Crippen molar-refractivity contribution in [2.24, 2.45) is 0 Å². The third kappa shape index (κ3) is 8.94. The van der Waals surface area contributed by atoms with Gasteiger partial charge in [-0.3, -0.25) is 0 Å². The van der Waals surface area contributed by atoms with Crippen LogP contribution >= 0.6 is 0 Å². The van der Waals surface area contributed by atoms with Crippen LogP contribution in [-0.2, 0) is 13.9 Å². The minimum absolute atomic E-state index is 0.0734. The second kappa shape index (κ2) is 8.67. The maximum Gasteiger partial charge on any atom is 0.376 e. The molecule has 1 aromatic carbocycles. The second-order valence-electron chi connectivity index (χ2n) is 7.35. The highest BCUT2D eigenvalue weighted by Crippen LogP contribution is 2.21. The van der Waals surface area contributed by atoms with Gasteiger partial charge in [-0.05, 0) is 54.0 Å². The van der Waals surface area contributed by atoms with Crippen molar-refractivity contribution >= 4 is 15.5 Å². The first-order chi connectivity index (χ1) is 10.6. The molecule has 0 amide bonds. The standard InChI is InChI=1S/C19H30O3Si/c1-8-12-16(15-13-10-9-11-14-15)22-23-17(20-18(2,3)4)21-19(5,6)7/h9-14,17H,8H2,1-7H3/b16-12-. The molecule has 0 spiro atoms. The smallest absolute Gasteiger partial charge is 0.376 e. The molecule has 128 valence electrons. The molecule has 0 unspecified atom stereocenters. The normalized spacial score (nSPS) is 13.5. The zero-order valence-electron chi connectivity index (χ0n) is 15.5. The van der Waals surface area contributed by atoms with E-state index < -0.39 is 0 Å². The molecule has 0 heterocycles. The molecule has 2 radical (unpaired) electrons. The van der Waals surface area contributed by atoms with E-state index in [1.54, 1.807) is 0 Å². The second-order valence-corrected chi connectivity index (χ2v) is 8.27. The molecule has 0 aliphatic rings. The minimum Gasteiger partial charge on any atom is -0.535 e. The molecular formula is C19H30O3Si. The summed E-state index contributed by atoms with van der Waals surface area (Å²) in [5, 5.41) is 0. The zero-order valence-corrected chi connectivity index (χ0v) is 16.5. The number of ether oxygens (including phenoxy) is 2. The van der Waals surface area contributed by atoms with E-state index in [0.717, 1.165) is 17.7 Å². The third-order valence-corrected chi connectivity index (χ3v) is 3.40. The van der Waals surface area contributed by atoms with Crippen molar-refractivity contribution in [1.82, 2.24) is 0 Å². The Hall–Kier alpha value is -1.10. The Bertz CT molecular complexity index is 468. The van der Waals surface area contributed by atoms with Gasteiger partial charge in [-0.25, -0.2) is 0 Å². The maximum atomic E-state index is 6.06. The molecular weight excluding hydrogens is 304 g/mol. The van der Waals surface area contributed by atoms with Crippen LogP contribution in [0.4, 0.5) is 0 Å². The average Bonchev–Trinajstić information content (AvgIpc) is 2.40. The van der Waals surface area contributed by atoms with E-state index in [1.807, 2.05) is 59.7 Å². The predicted octanol–water partition coefficient (Wildman–Crippen LogP) is 4.99. The highest BCUT2D eigenvalue weighted by atomic mass is 28.2. The third-order valence-electron chi connectivity index (χ3n) is 2.63. The van der Waals surface area contributed by atoms with Gasteiger partial charge >= 0.3 is 9.76 Å². The van der Waals surface area contributed by atoms with Crippen LogP contribution in [-0.4, -0.2) is 26.9 Å². The monoisotopic (exact) mass is 334 g/mol. The lowest BCUT2D eigenvalue weighted by molar-refractivity contribution is -0.196. The van der Waals surface area contributed by atoms with Crippen molar-refractivity contribution in [1.29, 1.82) is 0 Å². The van der Waals surface area contributed by atoms with Crippen LogP contribution in [0.2, 0.25) is 0 Å². The Morgan fingerprint density at radius 3 is 1.96 bits per heavy atom. The van der Waals surface area contributed by atoms with E-state index in [0.29, 0.717) is 0 Å². The van der Waals surface area contributed by atoms with Gasteiger partial charge in [-0.15, -0.1) is 0 Å². The van der Waals surface area contributed by atoms with E-state index in [4.69, 9.17) is 13.9 Å². The van der Waals surface area contributed by atoms with E-state index >= 15 is 0 Å². The van der Waals surface area contributed by atoms with Gasteiger partial charge in [0, 0.05) is 5.56 Å². The number of allylic oxidation sites excluding steroid dienone is 1. The van der Waals surface area contributed by atoms with Crippen LogP contribution in [0, 0.1) is 0 Å². The Labute approximate surface area is 144 Å². The average molecular weight is 335 g/mol. The largest absolute Gasteiger partial charge is 0.535 e. The summed E-state index contributed by atoms with van der Waals surface area (Å²) < 4.78 is 18.1. The summed E-state index contributed by atoms with van der Waals surface area (Å²) in [6.07, 6.45) is 3.01. The van der Waals surface area contributed by atoms with E-state index in [1.165, 1.54) is 0 Å². The summed E-state index contributed by atoms with van der Waals surface area (Å²) in [7, 11) is 0.0734. The van der Waals surface area contributed by atoms with E-state index in [9.17, 15) is 0 Å². The zero-order chi connectivity index (χ0) is 17.5. The maximum absolute atomic E-state index is 6.06. The van der Waals surface area contributed by atoms with Gasteiger partial charge in [-0.2, -0.15) is 0 Å². The van der Waals surface area contributed by atoms with Crippen LogP contribution in [0.25, 0.3) is 5.76 Å². The first-order valence-electron chi connectivity index (χ1n) is 8.14. The summed E-state index contributed by atoms with van der Waals surface area (Å²) in [6, 6.07) is 10.1. The minimum atomic E-state index is -0.390. The molecule has 4 heteroatoms. The van der Waals surface area contributed by atoms with Crippen molar-refractivity contribution in [3.63, 3.8) is 0 Å². The molecule has 0 N–H and O–H groups in total. The Morgan fingerprint density at radius 1 is 1.00 bits per heavy atom. The molecule has 3 nitrogen and oxygen atoms in total. The number of hydrogen-bond donors (Lipinski definition) is 0. The van der Waals surface area contributed by atoms with Gasteiger partial charge < -0.3 is 13.9 Å². The molecule has 23 heavy (non-hydrogen) atoms. The molecule has 0 saturated heterocycles. The van der Waals surface area contributed by atoms with Crippen molar-refractivity contribution in [3.05, 3.63) is 42.0 Å². The van der Waals surface area contributed by atoms with Gasteiger partial charge in [0.15, 0.2) is 5.91 Å². The van der Waals surface area contributed by atoms with Crippen LogP contribution in [0.1, 0.15) is 60.5 Å². The van der Waals surface area contributed by atoms with Gasteiger partial charge in [0.2, 0.25) is 0 Å². The fourth-order valence-corrected chi connectivity index (χ4v) is 3.06. The Morgan fingerprint density at radius 2 is 1.52 bits per heavy atom. The molecule has 0 aliphatic heterocycles. The highest BCUT2D eigenvalue weighted by Gasteiger charge is 2.27. The van der Waals surface area contributed by atoms with Gasteiger partial charge in [0.05, 0.1) is 11.2 Å². The van der Waals surface area contributed by atoms with Gasteiger partial charge in [0.25, 0.3) is 0 Å². The van der Waals surface area contributed by atoms with Crippen molar-refractivity contribution in [3.8, 4) is 0 Å². The molecule has 1 rings (SSSR count). The molecule has 0 atom stereocenters. The Kier molecular flexibility index (Phi) is 7.51. The predicted molar refractivity (Wildman–Crippen MR) is 97.0 cm³/mol. The van der Waals surface area contributed by atoms with Crippen molar-refractivity contribution in [2.45, 2.75) is 72.0 Å².